The van der Waals surface area contributed by atoms with Crippen molar-refractivity contribution in [2.24, 2.45) is 5.10 Å². The molecule has 0 saturated heterocycles. The Bertz CT molecular complexity index is 744. The van der Waals surface area contributed by atoms with Crippen LogP contribution in [-0.4, -0.2) is 18.0 Å². The van der Waals surface area contributed by atoms with Crippen molar-refractivity contribution in [1.29, 1.82) is 0 Å². The van der Waals surface area contributed by atoms with E-state index in [-0.39, 0.29) is 5.69 Å². The van der Waals surface area contributed by atoms with Crippen molar-refractivity contribution in [2.45, 2.75) is 0 Å². The van der Waals surface area contributed by atoms with E-state index in [2.05, 4.69) is 10.4 Å². The molecule has 0 atom stereocenters. The Hall–Kier alpha value is -2.44. The lowest BCUT2D eigenvalue weighted by atomic mass is 10.2. The fourth-order valence-corrected chi connectivity index (χ4v) is 2.06. The number of carbonyl (C=O) groups excluding carboxylic acids is 2. The van der Waals surface area contributed by atoms with E-state index in [0.717, 1.165) is 12.1 Å². The maximum Gasteiger partial charge on any atom is 0.329 e. The summed E-state index contributed by atoms with van der Waals surface area (Å²) < 4.78 is 12.7. The second-order valence-corrected chi connectivity index (χ2v) is 5.11. The van der Waals surface area contributed by atoms with E-state index < -0.39 is 17.6 Å². The van der Waals surface area contributed by atoms with Gasteiger partial charge in [-0.1, -0.05) is 29.3 Å². The number of rotatable bonds is 3. The minimum atomic E-state index is -0.992. The molecule has 23 heavy (non-hydrogen) atoms. The number of amides is 2. The molecule has 0 spiro atoms. The predicted molar refractivity (Wildman–Crippen MR) is 87.2 cm³/mol. The summed E-state index contributed by atoms with van der Waals surface area (Å²) in [6.45, 7) is 0. The SMILES string of the molecule is O=C(N/N=C\c1c(Cl)cccc1Cl)C(=O)Nc1ccc(F)cc1. The number of hydrazone groups is 1. The molecule has 0 heterocycles. The second-order valence-electron chi connectivity index (χ2n) is 4.30. The highest BCUT2D eigenvalue weighted by molar-refractivity contribution is 6.40. The first-order valence-corrected chi connectivity index (χ1v) is 7.07. The summed E-state index contributed by atoms with van der Waals surface area (Å²) in [6, 6.07) is 9.85. The summed E-state index contributed by atoms with van der Waals surface area (Å²) in [7, 11) is 0. The third kappa shape index (κ3) is 4.77. The lowest BCUT2D eigenvalue weighted by Crippen LogP contribution is -2.32. The molecule has 0 aromatic heterocycles. The van der Waals surface area contributed by atoms with Gasteiger partial charge in [0, 0.05) is 11.3 Å². The number of anilines is 1. The van der Waals surface area contributed by atoms with E-state index in [1.165, 1.54) is 18.3 Å². The Morgan fingerprint density at radius 3 is 2.22 bits per heavy atom. The fourth-order valence-electron chi connectivity index (χ4n) is 1.56. The molecule has 2 aromatic rings. The van der Waals surface area contributed by atoms with Gasteiger partial charge in [0.2, 0.25) is 0 Å². The number of halogens is 3. The van der Waals surface area contributed by atoms with Gasteiger partial charge in [0.1, 0.15) is 5.82 Å². The van der Waals surface area contributed by atoms with E-state index in [9.17, 15) is 14.0 Å². The van der Waals surface area contributed by atoms with Crippen molar-refractivity contribution in [3.8, 4) is 0 Å². The van der Waals surface area contributed by atoms with Crippen molar-refractivity contribution in [3.05, 3.63) is 63.9 Å². The molecular weight excluding hydrogens is 344 g/mol. The molecule has 118 valence electrons. The van der Waals surface area contributed by atoms with Crippen LogP contribution in [0.25, 0.3) is 0 Å². The van der Waals surface area contributed by atoms with Gasteiger partial charge in [-0.05, 0) is 36.4 Å². The highest BCUT2D eigenvalue weighted by atomic mass is 35.5. The third-order valence-electron chi connectivity index (χ3n) is 2.67. The first-order valence-electron chi connectivity index (χ1n) is 6.31. The van der Waals surface area contributed by atoms with E-state index in [4.69, 9.17) is 23.2 Å². The van der Waals surface area contributed by atoms with Crippen molar-refractivity contribution >= 4 is 46.9 Å². The number of benzene rings is 2. The lowest BCUT2D eigenvalue weighted by Gasteiger charge is -2.04. The zero-order valence-corrected chi connectivity index (χ0v) is 13.0. The molecule has 0 bridgehead atoms. The molecule has 0 radical (unpaired) electrons. The van der Waals surface area contributed by atoms with Crippen LogP contribution < -0.4 is 10.7 Å². The number of hydrogen-bond acceptors (Lipinski definition) is 3. The molecule has 0 fully saturated rings. The van der Waals surface area contributed by atoms with Gasteiger partial charge in [0.15, 0.2) is 0 Å². The maximum absolute atomic E-state index is 12.7. The van der Waals surface area contributed by atoms with Crippen LogP contribution in [0, 0.1) is 5.82 Å². The van der Waals surface area contributed by atoms with E-state index in [1.54, 1.807) is 18.2 Å². The average molecular weight is 354 g/mol. The summed E-state index contributed by atoms with van der Waals surface area (Å²) in [5, 5.41) is 6.63. The first-order chi connectivity index (χ1) is 11.0. The molecule has 2 N–H and O–H groups in total. The molecule has 2 aromatic carbocycles. The Kier molecular flexibility index (Phi) is 5.67. The van der Waals surface area contributed by atoms with Crippen LogP contribution in [0.5, 0.6) is 0 Å². The fraction of sp³-hybridized carbons (Fsp3) is 0. The van der Waals surface area contributed by atoms with Gasteiger partial charge in [-0.2, -0.15) is 5.10 Å². The Labute approximate surface area is 141 Å². The number of hydrogen-bond donors (Lipinski definition) is 2. The minimum absolute atomic E-state index is 0.282. The molecule has 0 unspecified atom stereocenters. The van der Waals surface area contributed by atoms with Crippen LogP contribution in [0.2, 0.25) is 10.0 Å². The molecule has 0 saturated carbocycles. The van der Waals surface area contributed by atoms with Crippen molar-refractivity contribution in [3.63, 3.8) is 0 Å². The number of carbonyl (C=O) groups is 2. The molecule has 8 heteroatoms. The number of nitrogens with zero attached hydrogens (tertiary/aromatic N) is 1. The Balaban J connectivity index is 1.95. The summed E-state index contributed by atoms with van der Waals surface area (Å²) in [6.07, 6.45) is 1.23. The smallest absolute Gasteiger partial charge is 0.318 e. The summed E-state index contributed by atoms with van der Waals surface area (Å²) in [5.41, 5.74) is 2.74. The first kappa shape index (κ1) is 16.9. The zero-order chi connectivity index (χ0) is 16.8. The normalized spacial score (nSPS) is 10.6. The van der Waals surface area contributed by atoms with Crippen molar-refractivity contribution in [2.75, 3.05) is 5.32 Å². The van der Waals surface area contributed by atoms with E-state index >= 15 is 0 Å². The second kappa shape index (κ2) is 7.71. The third-order valence-corrected chi connectivity index (χ3v) is 3.33. The van der Waals surface area contributed by atoms with Crippen LogP contribution in [0.3, 0.4) is 0 Å². The Morgan fingerprint density at radius 2 is 1.61 bits per heavy atom. The molecule has 0 aliphatic rings. The zero-order valence-electron chi connectivity index (χ0n) is 11.5. The van der Waals surface area contributed by atoms with Crippen LogP contribution in [0.4, 0.5) is 10.1 Å². The summed E-state index contributed by atoms with van der Waals surface area (Å²) in [4.78, 5) is 23.2. The summed E-state index contributed by atoms with van der Waals surface area (Å²) in [5.74, 6) is -2.39. The van der Waals surface area contributed by atoms with Crippen molar-refractivity contribution < 1.29 is 14.0 Å². The predicted octanol–water partition coefficient (Wildman–Crippen LogP) is 3.22. The van der Waals surface area contributed by atoms with Crippen LogP contribution in [0.1, 0.15) is 5.56 Å². The molecule has 2 amide bonds. The van der Waals surface area contributed by atoms with E-state index in [0.29, 0.717) is 15.6 Å². The van der Waals surface area contributed by atoms with Gasteiger partial charge in [-0.15, -0.1) is 0 Å². The molecule has 5 nitrogen and oxygen atoms in total. The standard InChI is InChI=1S/C15H10Cl2FN3O2/c16-12-2-1-3-13(17)11(12)8-19-21-15(23)14(22)20-10-6-4-9(18)5-7-10/h1-8H,(H,20,22)(H,21,23)/b19-8-. The molecule has 0 aliphatic carbocycles. The molecule has 2 rings (SSSR count). The monoisotopic (exact) mass is 353 g/mol. The van der Waals surface area contributed by atoms with Gasteiger partial charge in [-0.3, -0.25) is 9.59 Å². The lowest BCUT2D eigenvalue weighted by molar-refractivity contribution is -0.136. The molecular formula is C15H10Cl2FN3O2. The van der Waals surface area contributed by atoms with Crippen molar-refractivity contribution in [1.82, 2.24) is 5.43 Å². The van der Waals surface area contributed by atoms with Gasteiger partial charge in [-0.25, -0.2) is 9.82 Å². The van der Waals surface area contributed by atoms with Gasteiger partial charge in [0.05, 0.1) is 16.3 Å². The van der Waals surface area contributed by atoms with Gasteiger partial charge < -0.3 is 5.32 Å². The van der Waals surface area contributed by atoms with Gasteiger partial charge >= 0.3 is 11.8 Å². The quantitative estimate of drug-likeness (QED) is 0.505. The molecule has 0 aliphatic heterocycles. The van der Waals surface area contributed by atoms with Gasteiger partial charge in [0.25, 0.3) is 0 Å². The van der Waals surface area contributed by atoms with Crippen LogP contribution in [-0.2, 0) is 9.59 Å². The maximum atomic E-state index is 12.7. The highest BCUT2D eigenvalue weighted by Gasteiger charge is 2.13. The minimum Gasteiger partial charge on any atom is -0.318 e. The van der Waals surface area contributed by atoms with Crippen LogP contribution in [0.15, 0.2) is 47.6 Å². The topological polar surface area (TPSA) is 70.6 Å². The number of nitrogens with one attached hydrogen (secondary N) is 2. The highest BCUT2D eigenvalue weighted by Crippen LogP contribution is 2.21. The largest absolute Gasteiger partial charge is 0.329 e. The Morgan fingerprint density at radius 1 is 1.00 bits per heavy atom. The van der Waals surface area contributed by atoms with Crippen LogP contribution >= 0.6 is 23.2 Å². The summed E-state index contributed by atoms with van der Waals surface area (Å²) >= 11 is 11.9. The van der Waals surface area contributed by atoms with E-state index in [1.807, 2.05) is 5.43 Å². The average Bonchev–Trinajstić information content (AvgIpc) is 2.52.